The van der Waals surface area contributed by atoms with E-state index in [1.807, 2.05) is 44.1 Å². The van der Waals surface area contributed by atoms with Crippen LogP contribution in [0.15, 0.2) is 36.5 Å². The summed E-state index contributed by atoms with van der Waals surface area (Å²) in [6, 6.07) is 9.10. The quantitative estimate of drug-likeness (QED) is 0.388. The molecule has 4 aromatic rings. The topological polar surface area (TPSA) is 91.5 Å². The van der Waals surface area contributed by atoms with E-state index in [-0.39, 0.29) is 23.7 Å². The molecule has 1 saturated heterocycles. The summed E-state index contributed by atoms with van der Waals surface area (Å²) in [6.45, 7) is 8.32. The molecule has 210 valence electrons. The first-order valence-electron chi connectivity index (χ1n) is 14.0. The van der Waals surface area contributed by atoms with Crippen LogP contribution in [0.3, 0.4) is 0 Å². The number of aromatic nitrogens is 4. The summed E-state index contributed by atoms with van der Waals surface area (Å²) >= 11 is 0. The molecular weight excluding hydrogens is 509 g/mol. The van der Waals surface area contributed by atoms with Crippen molar-refractivity contribution >= 4 is 16.9 Å². The number of likely N-dealkylation sites (N-methyl/N-ethyl adjacent to an activating group) is 1. The number of carbonyl (C=O) groups excluding carboxylic acids is 1. The number of hydrogen-bond acceptors (Lipinski definition) is 6. The van der Waals surface area contributed by atoms with Gasteiger partial charge in [-0.1, -0.05) is 39.0 Å². The third kappa shape index (κ3) is 4.17. The standard InChI is InChI=1S/C30H36FN7O2/c1-6-21-22(9-10-23(31)28(21)39)18-7-8-19-14-33-38(25(19)13-18)29-34-24-11-12-32-26(17(2)3)27(24)37(29)30(40)36-15-20(16-36)35(4)5/h7-10,13-14,17,20,26,32,39H,6,11-12,15-16H2,1-5H3/t26-/m0/s1. The first-order chi connectivity index (χ1) is 19.2. The number of hydrogen-bond donors (Lipinski definition) is 2. The zero-order chi connectivity index (χ0) is 28.3. The van der Waals surface area contributed by atoms with Crippen molar-refractivity contribution in [3.63, 3.8) is 0 Å². The van der Waals surface area contributed by atoms with Gasteiger partial charge in [0.25, 0.3) is 0 Å². The lowest BCUT2D eigenvalue weighted by molar-refractivity contribution is 0.0871. The van der Waals surface area contributed by atoms with Crippen LogP contribution in [0.1, 0.15) is 43.8 Å². The number of amides is 1. The van der Waals surface area contributed by atoms with Crippen molar-refractivity contribution in [2.24, 2.45) is 5.92 Å². The summed E-state index contributed by atoms with van der Waals surface area (Å²) in [5, 5.41) is 19.6. The van der Waals surface area contributed by atoms with Crippen molar-refractivity contribution in [2.45, 2.75) is 45.7 Å². The van der Waals surface area contributed by atoms with E-state index >= 15 is 0 Å². The van der Waals surface area contributed by atoms with Crippen LogP contribution in [0, 0.1) is 11.7 Å². The first-order valence-corrected chi connectivity index (χ1v) is 14.0. The van der Waals surface area contributed by atoms with Gasteiger partial charge in [0.1, 0.15) is 0 Å². The van der Waals surface area contributed by atoms with E-state index in [4.69, 9.17) is 10.1 Å². The van der Waals surface area contributed by atoms with E-state index in [2.05, 4.69) is 24.1 Å². The second-order valence-electron chi connectivity index (χ2n) is 11.4. The van der Waals surface area contributed by atoms with Gasteiger partial charge in [0.15, 0.2) is 11.6 Å². The van der Waals surface area contributed by atoms with Crippen molar-refractivity contribution < 1.29 is 14.3 Å². The van der Waals surface area contributed by atoms with Gasteiger partial charge in [-0.3, -0.25) is 0 Å². The Bertz CT molecular complexity index is 1600. The molecule has 1 atom stereocenters. The molecule has 0 spiro atoms. The summed E-state index contributed by atoms with van der Waals surface area (Å²) in [5.74, 6) is -0.211. The Morgan fingerprint density at radius 1 is 1.23 bits per heavy atom. The maximum atomic E-state index is 14.1. The number of likely N-dealkylation sites (tertiary alicyclic amines) is 1. The molecule has 0 unspecified atom stereocenters. The van der Waals surface area contributed by atoms with Crippen LogP contribution in [0.25, 0.3) is 28.0 Å². The van der Waals surface area contributed by atoms with Gasteiger partial charge in [-0.25, -0.2) is 18.7 Å². The summed E-state index contributed by atoms with van der Waals surface area (Å²) in [4.78, 5) is 23.1. The molecule has 0 bridgehead atoms. The second kappa shape index (κ2) is 10.0. The molecule has 1 amide bonds. The monoisotopic (exact) mass is 545 g/mol. The largest absolute Gasteiger partial charge is 0.505 e. The Labute approximate surface area is 233 Å². The fourth-order valence-corrected chi connectivity index (χ4v) is 5.95. The highest BCUT2D eigenvalue weighted by molar-refractivity contribution is 5.87. The van der Waals surface area contributed by atoms with Gasteiger partial charge < -0.3 is 20.2 Å². The number of nitrogens with zero attached hydrogens (tertiary/aromatic N) is 6. The van der Waals surface area contributed by atoms with Gasteiger partial charge in [-0.05, 0) is 49.7 Å². The third-order valence-corrected chi connectivity index (χ3v) is 8.37. The lowest BCUT2D eigenvalue weighted by atomic mass is 9.95. The summed E-state index contributed by atoms with van der Waals surface area (Å²) in [6.07, 6.45) is 2.98. The van der Waals surface area contributed by atoms with Gasteiger partial charge in [0, 0.05) is 43.0 Å². The fourth-order valence-electron chi connectivity index (χ4n) is 5.95. The van der Waals surface area contributed by atoms with Gasteiger partial charge in [0.2, 0.25) is 5.95 Å². The van der Waals surface area contributed by atoms with Crippen molar-refractivity contribution in [3.05, 3.63) is 59.3 Å². The zero-order valence-corrected chi connectivity index (χ0v) is 23.6. The van der Waals surface area contributed by atoms with Crippen LogP contribution >= 0.6 is 0 Å². The van der Waals surface area contributed by atoms with E-state index < -0.39 is 5.82 Å². The molecule has 9 nitrogen and oxygen atoms in total. The van der Waals surface area contributed by atoms with Crippen LogP contribution in [0.2, 0.25) is 0 Å². The number of carbonyl (C=O) groups is 1. The molecule has 2 aliphatic rings. The number of halogens is 1. The molecule has 2 N–H and O–H groups in total. The Morgan fingerprint density at radius 2 is 2.00 bits per heavy atom. The highest BCUT2D eigenvalue weighted by atomic mass is 19.1. The minimum Gasteiger partial charge on any atom is -0.505 e. The van der Waals surface area contributed by atoms with Crippen LogP contribution in [-0.2, 0) is 12.8 Å². The molecule has 1 fully saturated rings. The predicted molar refractivity (Wildman–Crippen MR) is 152 cm³/mol. The fraction of sp³-hybridized carbons (Fsp3) is 0.433. The van der Waals surface area contributed by atoms with Gasteiger partial charge in [-0.15, -0.1) is 0 Å². The normalized spacial score (nSPS) is 17.6. The molecule has 10 heteroatoms. The number of imidazole rings is 1. The summed E-state index contributed by atoms with van der Waals surface area (Å²) in [5.41, 5.74) is 4.75. The maximum Gasteiger partial charge on any atom is 0.331 e. The molecule has 6 rings (SSSR count). The van der Waals surface area contributed by atoms with E-state index in [0.29, 0.717) is 37.1 Å². The van der Waals surface area contributed by atoms with E-state index in [1.54, 1.807) is 21.5 Å². The van der Waals surface area contributed by atoms with E-state index in [0.717, 1.165) is 46.4 Å². The molecule has 40 heavy (non-hydrogen) atoms. The van der Waals surface area contributed by atoms with E-state index in [1.165, 1.54) is 6.07 Å². The minimum absolute atomic E-state index is 0.00781. The molecule has 4 heterocycles. The Balaban J connectivity index is 1.51. The molecule has 2 aromatic carbocycles. The van der Waals surface area contributed by atoms with Gasteiger partial charge in [0.05, 0.1) is 29.1 Å². The number of phenolic OH excluding ortho intramolecular Hbond substituents is 1. The Kier molecular flexibility index (Phi) is 6.62. The molecule has 2 aliphatic heterocycles. The van der Waals surface area contributed by atoms with Crippen LogP contribution in [0.5, 0.6) is 5.75 Å². The SMILES string of the molecule is CCc1c(-c2ccc3cnn(-c4nc5c(n4C(=O)N4CC(N(C)C)C4)[C@H](C(C)C)NCC5)c3c2)ccc(F)c1O. The van der Waals surface area contributed by atoms with Crippen LogP contribution < -0.4 is 5.32 Å². The lowest BCUT2D eigenvalue weighted by Crippen LogP contribution is -2.60. The number of phenols is 1. The van der Waals surface area contributed by atoms with Crippen molar-refractivity contribution in [1.29, 1.82) is 0 Å². The highest BCUT2D eigenvalue weighted by Crippen LogP contribution is 2.36. The minimum atomic E-state index is -0.631. The average molecular weight is 546 g/mol. The number of nitrogens with one attached hydrogen (secondary N) is 1. The highest BCUT2D eigenvalue weighted by Gasteiger charge is 2.39. The zero-order valence-electron chi connectivity index (χ0n) is 23.6. The number of fused-ring (bicyclic) bond motifs is 2. The Morgan fingerprint density at radius 3 is 2.70 bits per heavy atom. The predicted octanol–water partition coefficient (Wildman–Crippen LogP) is 4.35. The van der Waals surface area contributed by atoms with Gasteiger partial charge >= 0.3 is 6.03 Å². The molecule has 0 aliphatic carbocycles. The average Bonchev–Trinajstić information content (AvgIpc) is 3.49. The molecule has 0 radical (unpaired) electrons. The molecule has 0 saturated carbocycles. The molecule has 2 aromatic heterocycles. The number of rotatable bonds is 5. The van der Waals surface area contributed by atoms with Crippen LogP contribution in [-0.4, -0.2) is 80.0 Å². The maximum absolute atomic E-state index is 14.1. The van der Waals surface area contributed by atoms with Crippen molar-refractivity contribution in [3.8, 4) is 22.8 Å². The van der Waals surface area contributed by atoms with Crippen LogP contribution in [0.4, 0.5) is 9.18 Å². The Hall–Kier alpha value is -3.76. The first kappa shape index (κ1) is 26.5. The summed E-state index contributed by atoms with van der Waals surface area (Å²) < 4.78 is 17.6. The summed E-state index contributed by atoms with van der Waals surface area (Å²) in [7, 11) is 4.07. The van der Waals surface area contributed by atoms with E-state index in [9.17, 15) is 14.3 Å². The molecular formula is C30H36FN7O2. The second-order valence-corrected chi connectivity index (χ2v) is 11.4. The smallest absolute Gasteiger partial charge is 0.331 e. The lowest BCUT2D eigenvalue weighted by Gasteiger charge is -2.43. The third-order valence-electron chi connectivity index (χ3n) is 8.37. The van der Waals surface area contributed by atoms with Crippen molar-refractivity contribution in [1.82, 2.24) is 34.4 Å². The number of benzene rings is 2. The van der Waals surface area contributed by atoms with Crippen molar-refractivity contribution in [2.75, 3.05) is 33.7 Å². The number of aromatic hydroxyl groups is 1. The van der Waals surface area contributed by atoms with Gasteiger partial charge in [-0.2, -0.15) is 9.78 Å².